The smallest absolute Gasteiger partial charge is 0.341 e. The van der Waals surface area contributed by atoms with Crippen molar-refractivity contribution in [2.24, 2.45) is 0 Å². The molecule has 0 spiro atoms. The van der Waals surface area contributed by atoms with Crippen LogP contribution >= 0.6 is 22.7 Å². The first-order valence-corrected chi connectivity index (χ1v) is 11.8. The first-order valence-electron chi connectivity index (χ1n) is 10.1. The van der Waals surface area contributed by atoms with Crippen molar-refractivity contribution in [3.05, 3.63) is 57.6 Å². The van der Waals surface area contributed by atoms with E-state index >= 15 is 0 Å². The van der Waals surface area contributed by atoms with Gasteiger partial charge in [0.1, 0.15) is 16.3 Å². The fraction of sp³-hybridized carbons (Fsp3) is 0.261. The van der Waals surface area contributed by atoms with E-state index in [9.17, 15) is 14.4 Å². The Bertz CT molecular complexity index is 1060. The third kappa shape index (κ3) is 5.95. The molecule has 0 bridgehead atoms. The van der Waals surface area contributed by atoms with Gasteiger partial charge in [-0.15, -0.1) is 22.7 Å². The van der Waals surface area contributed by atoms with Crippen LogP contribution in [0, 0.1) is 0 Å². The van der Waals surface area contributed by atoms with Crippen molar-refractivity contribution in [2.75, 3.05) is 25.6 Å². The van der Waals surface area contributed by atoms with Crippen LogP contribution in [0.5, 0.6) is 5.75 Å². The van der Waals surface area contributed by atoms with Crippen LogP contribution < -0.4 is 15.4 Å². The van der Waals surface area contributed by atoms with Gasteiger partial charge >= 0.3 is 5.97 Å². The monoisotopic (exact) mass is 472 g/mol. The molecule has 0 fully saturated rings. The number of amides is 2. The van der Waals surface area contributed by atoms with Crippen LogP contribution in [0.15, 0.2) is 47.2 Å². The zero-order valence-corrected chi connectivity index (χ0v) is 19.4. The Balaban J connectivity index is 1.64. The van der Waals surface area contributed by atoms with Gasteiger partial charge in [0, 0.05) is 23.9 Å². The van der Waals surface area contributed by atoms with E-state index in [2.05, 4.69) is 10.6 Å². The number of carbonyl (C=O) groups is 3. The molecule has 2 N–H and O–H groups in total. The molecule has 2 aromatic heterocycles. The zero-order chi connectivity index (χ0) is 22.9. The molecule has 3 aromatic rings. The van der Waals surface area contributed by atoms with Crippen molar-refractivity contribution < 1.29 is 23.9 Å². The molecule has 2 heterocycles. The molecule has 0 aliphatic carbocycles. The maximum Gasteiger partial charge on any atom is 0.341 e. The number of ether oxygens (including phenoxy) is 2. The molecule has 0 saturated heterocycles. The summed E-state index contributed by atoms with van der Waals surface area (Å²) in [6, 6.07) is 10.9. The fourth-order valence-corrected chi connectivity index (χ4v) is 4.59. The number of thiophene rings is 2. The van der Waals surface area contributed by atoms with Crippen molar-refractivity contribution in [1.29, 1.82) is 0 Å². The molecule has 9 heteroatoms. The summed E-state index contributed by atoms with van der Waals surface area (Å²) in [5, 5.41) is 9.73. The minimum Gasteiger partial charge on any atom is -0.497 e. The Labute approximate surface area is 194 Å². The second-order valence-electron chi connectivity index (χ2n) is 6.69. The van der Waals surface area contributed by atoms with Crippen LogP contribution in [0.2, 0.25) is 0 Å². The summed E-state index contributed by atoms with van der Waals surface area (Å²) in [4.78, 5) is 37.7. The van der Waals surface area contributed by atoms with Gasteiger partial charge in [0.15, 0.2) is 0 Å². The van der Waals surface area contributed by atoms with Crippen LogP contribution in [-0.4, -0.2) is 38.0 Å². The highest BCUT2D eigenvalue weighted by Gasteiger charge is 2.22. The quantitative estimate of drug-likeness (QED) is 0.326. The summed E-state index contributed by atoms with van der Waals surface area (Å²) in [6.45, 7) is 2.35. The zero-order valence-electron chi connectivity index (χ0n) is 17.8. The van der Waals surface area contributed by atoms with Crippen LogP contribution in [0.1, 0.15) is 39.8 Å². The van der Waals surface area contributed by atoms with Crippen molar-refractivity contribution in [2.45, 2.75) is 19.8 Å². The molecular weight excluding hydrogens is 448 g/mol. The Morgan fingerprint density at radius 1 is 1.06 bits per heavy atom. The van der Waals surface area contributed by atoms with E-state index < -0.39 is 5.97 Å². The van der Waals surface area contributed by atoms with E-state index in [0.717, 1.165) is 5.56 Å². The summed E-state index contributed by atoms with van der Waals surface area (Å²) < 4.78 is 10.4. The van der Waals surface area contributed by atoms with E-state index in [0.29, 0.717) is 39.7 Å². The minimum absolute atomic E-state index is 0.146. The molecule has 0 radical (unpaired) electrons. The minimum atomic E-state index is -0.488. The Kier molecular flexibility index (Phi) is 8.41. The second kappa shape index (κ2) is 11.4. The summed E-state index contributed by atoms with van der Waals surface area (Å²) in [5.74, 6) is -0.157. The molecule has 3 rings (SSSR count). The van der Waals surface area contributed by atoms with Crippen LogP contribution in [0.4, 0.5) is 5.00 Å². The summed E-state index contributed by atoms with van der Waals surface area (Å²) >= 11 is 2.64. The molecule has 1 aromatic carbocycles. The van der Waals surface area contributed by atoms with Gasteiger partial charge in [-0.1, -0.05) is 18.2 Å². The molecule has 2 amide bonds. The number of benzene rings is 1. The van der Waals surface area contributed by atoms with Gasteiger partial charge in [-0.3, -0.25) is 9.59 Å². The Hall–Kier alpha value is -3.17. The molecule has 0 aliphatic rings. The highest BCUT2D eigenvalue weighted by atomic mass is 32.1. The van der Waals surface area contributed by atoms with Gasteiger partial charge in [-0.05, 0) is 42.5 Å². The van der Waals surface area contributed by atoms with Gasteiger partial charge in [-0.25, -0.2) is 4.79 Å². The third-order valence-electron chi connectivity index (χ3n) is 4.54. The van der Waals surface area contributed by atoms with Crippen molar-refractivity contribution >= 4 is 45.5 Å². The lowest BCUT2D eigenvalue weighted by Crippen LogP contribution is -2.24. The Morgan fingerprint density at radius 3 is 2.50 bits per heavy atom. The maximum atomic E-state index is 12.6. The van der Waals surface area contributed by atoms with Gasteiger partial charge in [0.2, 0.25) is 5.91 Å². The van der Waals surface area contributed by atoms with Crippen molar-refractivity contribution in [3.63, 3.8) is 0 Å². The topological polar surface area (TPSA) is 93.7 Å². The highest BCUT2D eigenvalue weighted by molar-refractivity contribution is 7.15. The van der Waals surface area contributed by atoms with E-state index in [4.69, 9.17) is 9.47 Å². The van der Waals surface area contributed by atoms with Gasteiger partial charge < -0.3 is 20.1 Å². The number of rotatable bonds is 10. The standard InChI is InChI=1S/C23H24N2O5S2/c1-3-30-23(28)20-17(15-8-10-16(29-2)11-9-15)14-32-22(20)25-19(26)7-4-12-24-21(27)18-6-5-13-31-18/h5-6,8-11,13-14H,3-4,7,12H2,1-2H3,(H,24,27)(H,25,26). The molecule has 0 atom stereocenters. The lowest BCUT2D eigenvalue weighted by atomic mass is 10.0. The van der Waals surface area contributed by atoms with Crippen molar-refractivity contribution in [1.82, 2.24) is 5.32 Å². The summed E-state index contributed by atoms with van der Waals surface area (Å²) in [6.07, 6.45) is 0.692. The highest BCUT2D eigenvalue weighted by Crippen LogP contribution is 2.37. The van der Waals surface area contributed by atoms with Gasteiger partial charge in [0.25, 0.3) is 5.91 Å². The van der Waals surface area contributed by atoms with E-state index in [1.807, 2.05) is 41.1 Å². The summed E-state index contributed by atoms with van der Waals surface area (Å²) in [5.41, 5.74) is 1.85. The van der Waals surface area contributed by atoms with Gasteiger partial charge in [-0.2, -0.15) is 0 Å². The van der Waals surface area contributed by atoms with Crippen LogP contribution in [0.3, 0.4) is 0 Å². The molecule has 0 unspecified atom stereocenters. The molecule has 0 aliphatic heterocycles. The molecule has 7 nitrogen and oxygen atoms in total. The van der Waals surface area contributed by atoms with Crippen LogP contribution in [0.25, 0.3) is 11.1 Å². The van der Waals surface area contributed by atoms with E-state index in [-0.39, 0.29) is 24.8 Å². The maximum absolute atomic E-state index is 12.6. The normalized spacial score (nSPS) is 10.4. The fourth-order valence-electron chi connectivity index (χ4n) is 2.97. The van der Waals surface area contributed by atoms with E-state index in [1.54, 1.807) is 20.1 Å². The number of esters is 1. The van der Waals surface area contributed by atoms with Gasteiger partial charge in [0.05, 0.1) is 18.6 Å². The SMILES string of the molecule is CCOC(=O)c1c(-c2ccc(OC)cc2)csc1NC(=O)CCCNC(=O)c1cccs1. The number of nitrogens with one attached hydrogen (secondary N) is 2. The summed E-state index contributed by atoms with van der Waals surface area (Å²) in [7, 11) is 1.59. The second-order valence-corrected chi connectivity index (χ2v) is 8.51. The van der Waals surface area contributed by atoms with E-state index in [1.165, 1.54) is 22.7 Å². The molecular formula is C23H24N2O5S2. The molecule has 32 heavy (non-hydrogen) atoms. The Morgan fingerprint density at radius 2 is 1.84 bits per heavy atom. The first kappa shape index (κ1) is 23.5. The molecule has 0 saturated carbocycles. The lowest BCUT2D eigenvalue weighted by molar-refractivity contribution is -0.116. The van der Waals surface area contributed by atoms with Crippen LogP contribution in [-0.2, 0) is 9.53 Å². The average Bonchev–Trinajstić information content (AvgIpc) is 3.47. The molecule has 168 valence electrons. The number of methoxy groups -OCH3 is 1. The predicted octanol–water partition coefficient (Wildman–Crippen LogP) is 4.81. The first-order chi connectivity index (χ1) is 15.5. The lowest BCUT2D eigenvalue weighted by Gasteiger charge is -2.09. The number of carbonyl (C=O) groups excluding carboxylic acids is 3. The predicted molar refractivity (Wildman–Crippen MR) is 127 cm³/mol. The average molecular weight is 473 g/mol. The number of hydrogen-bond donors (Lipinski definition) is 2. The number of hydrogen-bond acceptors (Lipinski definition) is 7. The number of anilines is 1. The van der Waals surface area contributed by atoms with Crippen molar-refractivity contribution in [3.8, 4) is 16.9 Å². The third-order valence-corrected chi connectivity index (χ3v) is 6.30. The largest absolute Gasteiger partial charge is 0.497 e.